The number of thioether (sulfide) groups is 2. The Morgan fingerprint density at radius 1 is 1.22 bits per heavy atom. The third kappa shape index (κ3) is 3.91. The SMILES string of the molecule is CSCc1nnc(SCc2nc3scc(-c4ccccc4Cl)c3c(=O)[nH]2)o1. The number of benzene rings is 1. The van der Waals surface area contributed by atoms with Gasteiger partial charge in [0.15, 0.2) is 0 Å². The quantitative estimate of drug-likeness (QED) is 0.432. The molecule has 138 valence electrons. The summed E-state index contributed by atoms with van der Waals surface area (Å²) in [4.78, 5) is 20.8. The Bertz CT molecular complexity index is 1150. The molecule has 27 heavy (non-hydrogen) atoms. The number of fused-ring (bicyclic) bond motifs is 1. The van der Waals surface area contributed by atoms with E-state index in [4.69, 9.17) is 16.0 Å². The maximum absolute atomic E-state index is 12.7. The summed E-state index contributed by atoms with van der Waals surface area (Å²) in [7, 11) is 0. The summed E-state index contributed by atoms with van der Waals surface area (Å²) < 4.78 is 5.53. The van der Waals surface area contributed by atoms with E-state index >= 15 is 0 Å². The molecule has 0 saturated carbocycles. The minimum absolute atomic E-state index is 0.180. The van der Waals surface area contributed by atoms with Crippen molar-refractivity contribution in [3.05, 3.63) is 56.7 Å². The molecule has 0 unspecified atom stereocenters. The Kier molecular flexibility index (Phi) is 5.53. The summed E-state index contributed by atoms with van der Waals surface area (Å²) in [5.74, 6) is 2.26. The fraction of sp³-hybridized carbons (Fsp3) is 0.176. The van der Waals surface area contributed by atoms with E-state index in [1.165, 1.54) is 23.1 Å². The van der Waals surface area contributed by atoms with E-state index in [0.717, 1.165) is 11.1 Å². The third-order valence-electron chi connectivity index (χ3n) is 3.71. The molecular formula is C17H13ClN4O2S3. The fourth-order valence-electron chi connectivity index (χ4n) is 2.55. The van der Waals surface area contributed by atoms with Crippen LogP contribution in [0.1, 0.15) is 11.7 Å². The van der Waals surface area contributed by atoms with Gasteiger partial charge in [0.2, 0.25) is 5.89 Å². The van der Waals surface area contributed by atoms with Crippen LogP contribution in [0.3, 0.4) is 0 Å². The van der Waals surface area contributed by atoms with Gasteiger partial charge in [-0.2, -0.15) is 11.8 Å². The lowest BCUT2D eigenvalue weighted by Gasteiger charge is -2.03. The third-order valence-corrected chi connectivity index (χ3v) is 6.27. The Hall–Kier alpha value is -1.81. The molecule has 4 rings (SSSR count). The average molecular weight is 437 g/mol. The lowest BCUT2D eigenvalue weighted by molar-refractivity contribution is 0.426. The molecule has 0 saturated heterocycles. The van der Waals surface area contributed by atoms with Crippen molar-refractivity contribution in [2.75, 3.05) is 6.26 Å². The molecule has 0 atom stereocenters. The first-order chi connectivity index (χ1) is 13.2. The van der Waals surface area contributed by atoms with Crippen LogP contribution in [0.15, 0.2) is 44.1 Å². The molecule has 1 aromatic carbocycles. The zero-order chi connectivity index (χ0) is 18.8. The van der Waals surface area contributed by atoms with Gasteiger partial charge in [-0.05, 0) is 12.3 Å². The highest BCUT2D eigenvalue weighted by Gasteiger charge is 2.15. The summed E-state index contributed by atoms with van der Waals surface area (Å²) in [6, 6.07) is 7.46. The molecule has 6 nitrogen and oxygen atoms in total. The topological polar surface area (TPSA) is 84.7 Å². The van der Waals surface area contributed by atoms with E-state index in [2.05, 4.69) is 20.2 Å². The van der Waals surface area contributed by atoms with Gasteiger partial charge in [0.25, 0.3) is 10.8 Å². The second-order valence-electron chi connectivity index (χ2n) is 5.51. The predicted octanol–water partition coefficient (Wildman–Crippen LogP) is 4.84. The number of H-pyrrole nitrogens is 1. The number of hydrogen-bond acceptors (Lipinski definition) is 8. The molecule has 0 radical (unpaired) electrons. The van der Waals surface area contributed by atoms with Gasteiger partial charge in [-0.25, -0.2) is 4.98 Å². The van der Waals surface area contributed by atoms with E-state index in [9.17, 15) is 4.79 Å². The monoisotopic (exact) mass is 436 g/mol. The molecule has 3 aromatic heterocycles. The lowest BCUT2D eigenvalue weighted by Crippen LogP contribution is -2.10. The number of aromatic amines is 1. The highest BCUT2D eigenvalue weighted by atomic mass is 35.5. The first-order valence-corrected chi connectivity index (χ1v) is 11.5. The number of halogens is 1. The molecule has 4 aromatic rings. The maximum atomic E-state index is 12.7. The van der Waals surface area contributed by atoms with Crippen LogP contribution in [0, 0.1) is 0 Å². The van der Waals surface area contributed by atoms with Gasteiger partial charge >= 0.3 is 0 Å². The van der Waals surface area contributed by atoms with Gasteiger partial charge in [0, 0.05) is 21.5 Å². The Morgan fingerprint density at radius 3 is 2.89 bits per heavy atom. The van der Waals surface area contributed by atoms with Crippen molar-refractivity contribution in [1.82, 2.24) is 20.2 Å². The number of nitrogens with zero attached hydrogens (tertiary/aromatic N) is 3. The summed E-state index contributed by atoms with van der Waals surface area (Å²) >= 11 is 10.7. The van der Waals surface area contributed by atoms with Gasteiger partial charge in [-0.15, -0.1) is 21.5 Å². The van der Waals surface area contributed by atoms with Crippen LogP contribution in [-0.4, -0.2) is 26.4 Å². The molecule has 0 amide bonds. The molecule has 1 N–H and O–H groups in total. The Morgan fingerprint density at radius 2 is 2.07 bits per heavy atom. The first kappa shape index (κ1) is 18.5. The van der Waals surface area contributed by atoms with Gasteiger partial charge < -0.3 is 9.40 Å². The number of aromatic nitrogens is 4. The van der Waals surface area contributed by atoms with Crippen LogP contribution in [0.25, 0.3) is 21.3 Å². The second kappa shape index (κ2) is 8.05. The standard InChI is InChI=1S/C17H13ClN4O2S3/c1-25-8-13-21-22-17(24-13)27-7-12-19-15(23)14-10(6-26-16(14)20-12)9-4-2-3-5-11(9)18/h2-6H,7-8H2,1H3,(H,19,20,23). The van der Waals surface area contributed by atoms with Crippen LogP contribution in [0.5, 0.6) is 0 Å². The lowest BCUT2D eigenvalue weighted by atomic mass is 10.1. The number of nitrogens with one attached hydrogen (secondary N) is 1. The second-order valence-corrected chi connectivity index (χ2v) is 8.56. The normalized spacial score (nSPS) is 11.3. The van der Waals surface area contributed by atoms with E-state index < -0.39 is 0 Å². The van der Waals surface area contributed by atoms with Gasteiger partial charge in [0.05, 0.1) is 16.9 Å². The fourth-order valence-corrected chi connectivity index (χ4v) is 4.76. The largest absolute Gasteiger partial charge is 0.415 e. The zero-order valence-corrected chi connectivity index (χ0v) is 17.3. The van der Waals surface area contributed by atoms with Gasteiger partial charge in [0.1, 0.15) is 10.7 Å². The summed E-state index contributed by atoms with van der Waals surface area (Å²) in [5.41, 5.74) is 1.44. The van der Waals surface area contributed by atoms with Crippen LogP contribution in [0.2, 0.25) is 5.02 Å². The highest BCUT2D eigenvalue weighted by Crippen LogP contribution is 2.35. The van der Waals surface area contributed by atoms with Crippen molar-refractivity contribution in [3.63, 3.8) is 0 Å². The van der Waals surface area contributed by atoms with Crippen LogP contribution in [0.4, 0.5) is 0 Å². The number of thiophene rings is 1. The number of rotatable bonds is 6. The molecule has 0 fully saturated rings. The molecule has 3 heterocycles. The van der Waals surface area contributed by atoms with E-state index in [0.29, 0.717) is 43.7 Å². The van der Waals surface area contributed by atoms with Crippen molar-refractivity contribution < 1.29 is 4.42 Å². The predicted molar refractivity (Wildman–Crippen MR) is 112 cm³/mol. The molecule has 0 spiro atoms. The molecule has 0 aliphatic carbocycles. The molecule has 0 bridgehead atoms. The van der Waals surface area contributed by atoms with E-state index in [-0.39, 0.29) is 5.56 Å². The van der Waals surface area contributed by atoms with Crippen molar-refractivity contribution in [1.29, 1.82) is 0 Å². The summed E-state index contributed by atoms with van der Waals surface area (Å²) in [6.07, 6.45) is 1.97. The van der Waals surface area contributed by atoms with Crippen molar-refractivity contribution in [2.24, 2.45) is 0 Å². The molecule has 0 aliphatic heterocycles. The minimum atomic E-state index is -0.180. The Labute approximate surface area is 171 Å². The first-order valence-electron chi connectivity index (χ1n) is 7.85. The summed E-state index contributed by atoms with van der Waals surface area (Å²) in [5, 5.41) is 11.5. The molecular weight excluding hydrogens is 424 g/mol. The maximum Gasteiger partial charge on any atom is 0.277 e. The van der Waals surface area contributed by atoms with Crippen LogP contribution < -0.4 is 5.56 Å². The summed E-state index contributed by atoms with van der Waals surface area (Å²) in [6.45, 7) is 0. The van der Waals surface area contributed by atoms with E-state index in [1.54, 1.807) is 11.8 Å². The van der Waals surface area contributed by atoms with Gasteiger partial charge in [-0.3, -0.25) is 4.79 Å². The minimum Gasteiger partial charge on any atom is -0.415 e. The zero-order valence-electron chi connectivity index (χ0n) is 14.1. The van der Waals surface area contributed by atoms with Crippen LogP contribution >= 0.6 is 46.5 Å². The van der Waals surface area contributed by atoms with E-state index in [1.807, 2.05) is 35.9 Å². The van der Waals surface area contributed by atoms with Crippen molar-refractivity contribution in [2.45, 2.75) is 16.7 Å². The smallest absolute Gasteiger partial charge is 0.277 e. The Balaban J connectivity index is 1.61. The van der Waals surface area contributed by atoms with Gasteiger partial charge in [-0.1, -0.05) is 41.6 Å². The van der Waals surface area contributed by atoms with Crippen molar-refractivity contribution >= 4 is 56.7 Å². The average Bonchev–Trinajstić information content (AvgIpc) is 3.28. The number of hydrogen-bond donors (Lipinski definition) is 1. The molecule has 10 heteroatoms. The van der Waals surface area contributed by atoms with Crippen LogP contribution in [-0.2, 0) is 11.5 Å². The van der Waals surface area contributed by atoms with Crippen molar-refractivity contribution in [3.8, 4) is 11.1 Å². The highest BCUT2D eigenvalue weighted by molar-refractivity contribution is 7.98. The molecule has 0 aliphatic rings.